The quantitative estimate of drug-likeness (QED) is 0.220. The maximum atomic E-state index is 12.7. The van der Waals surface area contributed by atoms with Crippen LogP contribution in [-0.4, -0.2) is 41.8 Å². The van der Waals surface area contributed by atoms with E-state index in [0.29, 0.717) is 16.0 Å². The highest BCUT2D eigenvalue weighted by molar-refractivity contribution is 7.99. The molecule has 0 aliphatic carbocycles. The number of nitrogens with zero attached hydrogens (tertiary/aromatic N) is 1. The third-order valence-corrected chi connectivity index (χ3v) is 4.76. The first kappa shape index (κ1) is 22.3. The van der Waals surface area contributed by atoms with Gasteiger partial charge in [0.05, 0.1) is 12.2 Å². The second-order valence-corrected chi connectivity index (χ2v) is 6.92. The lowest BCUT2D eigenvalue weighted by Gasteiger charge is -2.09. The zero-order chi connectivity index (χ0) is 21.2. The minimum Gasteiger partial charge on any atom is -0.460 e. The predicted octanol–water partition coefficient (Wildman–Crippen LogP) is 3.50. The summed E-state index contributed by atoms with van der Waals surface area (Å²) in [5.74, 6) is -1.38. The van der Waals surface area contributed by atoms with Gasteiger partial charge in [0.25, 0.3) is 0 Å². The number of carbonyl (C=O) groups excluding carboxylic acids is 3. The predicted molar refractivity (Wildman–Crippen MR) is 108 cm³/mol. The largest absolute Gasteiger partial charge is 0.460 e. The standard InChI is InChI=1S/C21H21NO6S/c1-3-19(24)28-22-14(2)20(25)17-6-4-5-7-18(17)29-16-10-8-15(9-11-16)21(26)27-13-12-23/h4-11,23H,3,12-13H2,1-2H3/b22-14+. The Labute approximate surface area is 172 Å². The summed E-state index contributed by atoms with van der Waals surface area (Å²) in [5.41, 5.74) is 0.868. The Hall–Kier alpha value is -2.97. The molecule has 152 valence electrons. The fourth-order valence-corrected chi connectivity index (χ4v) is 3.11. The molecule has 0 saturated heterocycles. The molecule has 2 aromatic carbocycles. The molecule has 0 unspecified atom stereocenters. The number of oxime groups is 1. The number of hydrogen-bond donors (Lipinski definition) is 1. The Kier molecular flexibility index (Phi) is 8.57. The Balaban J connectivity index is 2.15. The van der Waals surface area contributed by atoms with Gasteiger partial charge in [0.2, 0.25) is 5.78 Å². The molecule has 0 amide bonds. The van der Waals surface area contributed by atoms with Gasteiger partial charge in [-0.05, 0) is 43.3 Å². The molecule has 0 aliphatic rings. The molecule has 0 aliphatic heterocycles. The van der Waals surface area contributed by atoms with Crippen LogP contribution in [0.4, 0.5) is 0 Å². The summed E-state index contributed by atoms with van der Waals surface area (Å²) in [6.45, 7) is 2.84. The van der Waals surface area contributed by atoms with Crippen molar-refractivity contribution in [1.82, 2.24) is 0 Å². The van der Waals surface area contributed by atoms with E-state index in [4.69, 9.17) is 9.84 Å². The van der Waals surface area contributed by atoms with Crippen molar-refractivity contribution in [1.29, 1.82) is 0 Å². The topological polar surface area (TPSA) is 102 Å². The van der Waals surface area contributed by atoms with Crippen LogP contribution in [0.5, 0.6) is 0 Å². The summed E-state index contributed by atoms with van der Waals surface area (Å²) < 4.78 is 4.87. The van der Waals surface area contributed by atoms with Gasteiger partial charge in [-0.15, -0.1) is 0 Å². The molecule has 2 rings (SSSR count). The molecule has 0 spiro atoms. The van der Waals surface area contributed by atoms with Gasteiger partial charge in [-0.25, -0.2) is 9.59 Å². The van der Waals surface area contributed by atoms with Crippen molar-refractivity contribution in [2.75, 3.05) is 13.2 Å². The van der Waals surface area contributed by atoms with E-state index in [1.54, 1.807) is 49.4 Å². The van der Waals surface area contributed by atoms with Crippen LogP contribution in [0.2, 0.25) is 0 Å². The lowest BCUT2D eigenvalue weighted by molar-refractivity contribution is -0.143. The molecule has 0 radical (unpaired) electrons. The van der Waals surface area contributed by atoms with Crippen molar-refractivity contribution in [3.63, 3.8) is 0 Å². The highest BCUT2D eigenvalue weighted by atomic mass is 32.2. The van der Waals surface area contributed by atoms with E-state index in [9.17, 15) is 14.4 Å². The van der Waals surface area contributed by atoms with Crippen LogP contribution >= 0.6 is 11.8 Å². The van der Waals surface area contributed by atoms with Crippen molar-refractivity contribution < 1.29 is 29.1 Å². The van der Waals surface area contributed by atoms with Gasteiger partial charge in [-0.3, -0.25) is 4.79 Å². The lowest BCUT2D eigenvalue weighted by atomic mass is 10.1. The summed E-state index contributed by atoms with van der Waals surface area (Å²) in [6, 6.07) is 13.7. The molecule has 0 atom stereocenters. The van der Waals surface area contributed by atoms with Gasteiger partial charge < -0.3 is 14.7 Å². The van der Waals surface area contributed by atoms with Crippen molar-refractivity contribution in [2.45, 2.75) is 30.1 Å². The average Bonchev–Trinajstić information content (AvgIpc) is 2.75. The van der Waals surface area contributed by atoms with Gasteiger partial charge >= 0.3 is 11.9 Å². The van der Waals surface area contributed by atoms with Crippen molar-refractivity contribution in [3.8, 4) is 0 Å². The smallest absolute Gasteiger partial charge is 0.338 e. The van der Waals surface area contributed by atoms with Crippen LogP contribution in [-0.2, 0) is 14.4 Å². The number of Topliss-reactive ketones (excluding diaryl/α,β-unsaturated/α-hetero) is 1. The minimum absolute atomic E-state index is 0.0563. The summed E-state index contributed by atoms with van der Waals surface area (Å²) in [7, 11) is 0. The number of aliphatic hydroxyl groups excluding tert-OH is 1. The molecule has 29 heavy (non-hydrogen) atoms. The fraction of sp³-hybridized carbons (Fsp3) is 0.238. The van der Waals surface area contributed by atoms with Crippen LogP contribution in [0.3, 0.4) is 0 Å². The maximum absolute atomic E-state index is 12.7. The lowest BCUT2D eigenvalue weighted by Crippen LogP contribution is -2.13. The van der Waals surface area contributed by atoms with Gasteiger partial charge in [0, 0.05) is 21.8 Å². The van der Waals surface area contributed by atoms with E-state index in [-0.39, 0.29) is 31.1 Å². The zero-order valence-corrected chi connectivity index (χ0v) is 16.9. The normalized spacial score (nSPS) is 11.1. The van der Waals surface area contributed by atoms with Gasteiger partial charge in [0.1, 0.15) is 12.3 Å². The first-order valence-electron chi connectivity index (χ1n) is 8.90. The second kappa shape index (κ2) is 11.1. The molecule has 0 aromatic heterocycles. The highest BCUT2D eigenvalue weighted by Gasteiger charge is 2.16. The number of benzene rings is 2. The number of esters is 1. The second-order valence-electron chi connectivity index (χ2n) is 5.80. The van der Waals surface area contributed by atoms with Crippen LogP contribution in [0, 0.1) is 0 Å². The summed E-state index contributed by atoms with van der Waals surface area (Å²) in [4.78, 5) is 41.9. The number of ether oxygens (including phenoxy) is 1. The SMILES string of the molecule is CCC(=O)O/N=C(\C)C(=O)c1ccccc1Sc1ccc(C(=O)OCCO)cc1. The van der Waals surface area contributed by atoms with Crippen LogP contribution in [0.15, 0.2) is 63.5 Å². The first-order valence-corrected chi connectivity index (χ1v) is 9.72. The molecule has 0 bridgehead atoms. The summed E-state index contributed by atoms with van der Waals surface area (Å²) >= 11 is 1.35. The van der Waals surface area contributed by atoms with Crippen molar-refractivity contribution in [2.24, 2.45) is 5.16 Å². The Bertz CT molecular complexity index is 908. The molecule has 7 nitrogen and oxygen atoms in total. The van der Waals surface area contributed by atoms with E-state index in [1.807, 2.05) is 6.07 Å². The molecule has 0 saturated carbocycles. The minimum atomic E-state index is -0.516. The number of aliphatic hydroxyl groups is 1. The monoisotopic (exact) mass is 415 g/mol. The number of rotatable bonds is 9. The third kappa shape index (κ3) is 6.55. The molecule has 0 heterocycles. The first-order chi connectivity index (χ1) is 14.0. The van der Waals surface area contributed by atoms with E-state index in [2.05, 4.69) is 9.99 Å². The Morgan fingerprint density at radius 3 is 2.41 bits per heavy atom. The van der Waals surface area contributed by atoms with Gasteiger partial charge in [-0.2, -0.15) is 0 Å². The number of carbonyl (C=O) groups is 3. The van der Waals surface area contributed by atoms with Crippen LogP contribution < -0.4 is 0 Å². The van der Waals surface area contributed by atoms with Crippen LogP contribution in [0.25, 0.3) is 0 Å². The molecule has 0 fully saturated rings. The van der Waals surface area contributed by atoms with Gasteiger partial charge in [-0.1, -0.05) is 36.0 Å². The highest BCUT2D eigenvalue weighted by Crippen LogP contribution is 2.31. The average molecular weight is 415 g/mol. The summed E-state index contributed by atoms with van der Waals surface area (Å²) in [5, 5.41) is 12.3. The number of ketones is 1. The maximum Gasteiger partial charge on any atom is 0.338 e. The Morgan fingerprint density at radius 2 is 1.76 bits per heavy atom. The van der Waals surface area contributed by atoms with Crippen LogP contribution in [0.1, 0.15) is 41.0 Å². The third-order valence-electron chi connectivity index (χ3n) is 3.68. The Morgan fingerprint density at radius 1 is 1.07 bits per heavy atom. The summed E-state index contributed by atoms with van der Waals surface area (Å²) in [6.07, 6.45) is 0.168. The van der Waals surface area contributed by atoms with E-state index in [1.165, 1.54) is 18.7 Å². The van der Waals surface area contributed by atoms with E-state index < -0.39 is 11.9 Å². The van der Waals surface area contributed by atoms with E-state index in [0.717, 1.165) is 4.90 Å². The molecular formula is C21H21NO6S. The molecule has 8 heteroatoms. The zero-order valence-electron chi connectivity index (χ0n) is 16.1. The van der Waals surface area contributed by atoms with Gasteiger partial charge in [0.15, 0.2) is 0 Å². The van der Waals surface area contributed by atoms with E-state index >= 15 is 0 Å². The fourth-order valence-electron chi connectivity index (χ4n) is 2.17. The van der Waals surface area contributed by atoms with Crippen molar-refractivity contribution in [3.05, 3.63) is 59.7 Å². The molecule has 1 N–H and O–H groups in total. The molecule has 2 aromatic rings. The molecular weight excluding hydrogens is 394 g/mol. The van der Waals surface area contributed by atoms with Crippen molar-refractivity contribution >= 4 is 35.2 Å². The number of hydrogen-bond acceptors (Lipinski definition) is 8.